The van der Waals surface area contributed by atoms with Crippen LogP contribution >= 0.6 is 7.92 Å². The predicted octanol–water partition coefficient (Wildman–Crippen LogP) is 3.93. The molecular weight excluding hydrogens is 297 g/mol. The molecule has 23 heavy (non-hydrogen) atoms. The lowest BCUT2D eigenvalue weighted by molar-refractivity contribution is 0.349. The predicted molar refractivity (Wildman–Crippen MR) is 103 cm³/mol. The Labute approximate surface area is 141 Å². The van der Waals surface area contributed by atoms with Crippen molar-refractivity contribution < 1.29 is 0 Å². The molecular formula is C21H24NP. The van der Waals surface area contributed by atoms with E-state index in [0.29, 0.717) is 11.7 Å². The van der Waals surface area contributed by atoms with Gasteiger partial charge in [-0.05, 0) is 45.1 Å². The number of rotatable bonds is 5. The molecule has 0 amide bonds. The maximum absolute atomic E-state index is 2.39. The van der Waals surface area contributed by atoms with Gasteiger partial charge in [-0.3, -0.25) is 0 Å². The van der Waals surface area contributed by atoms with E-state index in [-0.39, 0.29) is 0 Å². The minimum atomic E-state index is -0.430. The van der Waals surface area contributed by atoms with Gasteiger partial charge in [0.2, 0.25) is 0 Å². The molecule has 0 heterocycles. The lowest BCUT2D eigenvalue weighted by Gasteiger charge is -2.32. The first kappa shape index (κ1) is 16.2. The van der Waals surface area contributed by atoms with Gasteiger partial charge < -0.3 is 4.90 Å². The van der Waals surface area contributed by atoms with Gasteiger partial charge in [-0.2, -0.15) is 0 Å². The Morgan fingerprint density at radius 3 is 1.87 bits per heavy atom. The summed E-state index contributed by atoms with van der Waals surface area (Å²) in [6.45, 7) is 2.30. The highest BCUT2D eigenvalue weighted by Gasteiger charge is 2.30. The van der Waals surface area contributed by atoms with Gasteiger partial charge in [-0.25, -0.2) is 0 Å². The Bertz CT molecular complexity index is 649. The fourth-order valence-electron chi connectivity index (χ4n) is 3.05. The van der Waals surface area contributed by atoms with Crippen molar-refractivity contribution in [1.29, 1.82) is 0 Å². The molecule has 1 aliphatic rings. The van der Waals surface area contributed by atoms with Crippen molar-refractivity contribution in [1.82, 2.24) is 4.90 Å². The fourth-order valence-corrected chi connectivity index (χ4v) is 5.85. The number of benzene rings is 2. The quantitative estimate of drug-likeness (QED) is 0.754. The third-order valence-electron chi connectivity index (χ3n) is 4.53. The summed E-state index contributed by atoms with van der Waals surface area (Å²) in [7, 11) is 3.89. The van der Waals surface area contributed by atoms with Crippen molar-refractivity contribution >= 4 is 18.5 Å². The molecule has 3 rings (SSSR count). The molecule has 2 aromatic rings. The number of hydrogen-bond acceptors (Lipinski definition) is 1. The summed E-state index contributed by atoms with van der Waals surface area (Å²) < 4.78 is 0. The van der Waals surface area contributed by atoms with Gasteiger partial charge >= 0.3 is 0 Å². The molecule has 0 aliphatic heterocycles. The van der Waals surface area contributed by atoms with Gasteiger partial charge in [-0.15, -0.1) is 0 Å². The molecule has 0 aromatic heterocycles. The van der Waals surface area contributed by atoms with Crippen molar-refractivity contribution in [2.45, 2.75) is 18.6 Å². The molecule has 0 saturated carbocycles. The number of likely N-dealkylation sites (N-methyl/N-ethyl adjacent to an activating group) is 1. The summed E-state index contributed by atoms with van der Waals surface area (Å²) in [5.41, 5.74) is 2.00. The molecule has 118 valence electrons. The average Bonchev–Trinajstić information content (AvgIpc) is 3.05. The fraction of sp³-hybridized carbons (Fsp3) is 0.238. The second-order valence-electron chi connectivity index (χ2n) is 6.18. The highest BCUT2D eigenvalue weighted by atomic mass is 31.1. The van der Waals surface area contributed by atoms with E-state index < -0.39 is 7.92 Å². The highest BCUT2D eigenvalue weighted by Crippen LogP contribution is 2.46. The monoisotopic (exact) mass is 321 g/mol. The number of hydrogen-bond donors (Lipinski definition) is 0. The Morgan fingerprint density at radius 1 is 0.870 bits per heavy atom. The molecule has 0 saturated heterocycles. The van der Waals surface area contributed by atoms with Crippen LogP contribution in [-0.4, -0.2) is 30.7 Å². The molecule has 2 aromatic carbocycles. The second-order valence-corrected chi connectivity index (χ2v) is 8.51. The van der Waals surface area contributed by atoms with Gasteiger partial charge in [0.25, 0.3) is 0 Å². The van der Waals surface area contributed by atoms with Crippen LogP contribution in [0.3, 0.4) is 0 Å². The first-order valence-corrected chi connectivity index (χ1v) is 9.53. The van der Waals surface area contributed by atoms with Crippen LogP contribution in [0.5, 0.6) is 0 Å². The number of allylic oxidation sites excluding steroid dienone is 3. The van der Waals surface area contributed by atoms with Crippen molar-refractivity contribution in [2.24, 2.45) is 0 Å². The van der Waals surface area contributed by atoms with Crippen molar-refractivity contribution in [3.63, 3.8) is 0 Å². The van der Waals surface area contributed by atoms with Crippen LogP contribution in [0.15, 0.2) is 84.5 Å². The van der Waals surface area contributed by atoms with Crippen molar-refractivity contribution in [3.05, 3.63) is 84.5 Å². The van der Waals surface area contributed by atoms with Gasteiger partial charge in [0.15, 0.2) is 0 Å². The first-order chi connectivity index (χ1) is 11.2. The molecule has 1 aliphatic carbocycles. The lowest BCUT2D eigenvalue weighted by Crippen LogP contribution is -2.32. The third-order valence-corrected chi connectivity index (χ3v) is 7.26. The summed E-state index contributed by atoms with van der Waals surface area (Å²) in [6, 6.07) is 22.4. The Hall–Kier alpha value is -1.69. The SMILES string of the molecule is CC(C1=CC=CC1P(c1ccccc1)c1ccccc1)N(C)C. The summed E-state index contributed by atoms with van der Waals surface area (Å²) in [6.07, 6.45) is 6.94. The molecule has 0 spiro atoms. The van der Waals surface area contributed by atoms with Crippen LogP contribution < -0.4 is 10.6 Å². The standard InChI is InChI=1S/C21H24NP/c1-17(22(2)3)20-15-10-16-21(20)23(18-11-6-4-7-12-18)19-13-8-5-9-14-19/h4-17,21H,1-3H3. The average molecular weight is 321 g/mol. The van der Waals surface area contributed by atoms with E-state index in [0.717, 1.165) is 0 Å². The van der Waals surface area contributed by atoms with E-state index in [1.807, 2.05) is 0 Å². The zero-order valence-corrected chi connectivity index (χ0v) is 14.9. The topological polar surface area (TPSA) is 3.24 Å². The Kier molecular flexibility index (Phi) is 5.10. The highest BCUT2D eigenvalue weighted by molar-refractivity contribution is 7.74. The molecule has 2 atom stereocenters. The van der Waals surface area contributed by atoms with E-state index in [1.54, 1.807) is 0 Å². The molecule has 2 unspecified atom stereocenters. The largest absolute Gasteiger partial charge is 0.303 e. The lowest BCUT2D eigenvalue weighted by atomic mass is 10.1. The van der Waals surface area contributed by atoms with E-state index in [4.69, 9.17) is 0 Å². The summed E-state index contributed by atoms with van der Waals surface area (Å²) in [4.78, 5) is 2.30. The van der Waals surface area contributed by atoms with Gasteiger partial charge in [0.05, 0.1) is 0 Å². The minimum Gasteiger partial charge on any atom is -0.303 e. The minimum absolute atomic E-state index is 0.430. The second kappa shape index (κ2) is 7.25. The van der Waals surface area contributed by atoms with Gasteiger partial charge in [-0.1, -0.05) is 78.9 Å². The molecule has 2 heteroatoms. The van der Waals surface area contributed by atoms with E-state index >= 15 is 0 Å². The van der Waals surface area contributed by atoms with Crippen LogP contribution in [0.4, 0.5) is 0 Å². The first-order valence-electron chi connectivity index (χ1n) is 8.12. The summed E-state index contributed by atoms with van der Waals surface area (Å²) in [5.74, 6) is 0. The third kappa shape index (κ3) is 3.47. The van der Waals surface area contributed by atoms with Crippen LogP contribution in [0.2, 0.25) is 0 Å². The summed E-state index contributed by atoms with van der Waals surface area (Å²) in [5, 5.41) is 2.89. The maximum atomic E-state index is 2.39. The normalized spacial score (nSPS) is 18.5. The molecule has 0 radical (unpaired) electrons. The Morgan fingerprint density at radius 2 is 1.39 bits per heavy atom. The Balaban J connectivity index is 2.03. The van der Waals surface area contributed by atoms with Crippen molar-refractivity contribution in [3.8, 4) is 0 Å². The van der Waals surface area contributed by atoms with Crippen molar-refractivity contribution in [2.75, 3.05) is 14.1 Å². The van der Waals surface area contributed by atoms with E-state index in [9.17, 15) is 0 Å². The van der Waals surface area contributed by atoms with Crippen LogP contribution in [-0.2, 0) is 0 Å². The molecule has 1 nitrogen and oxygen atoms in total. The van der Waals surface area contributed by atoms with E-state index in [1.165, 1.54) is 16.2 Å². The van der Waals surface area contributed by atoms with Crippen LogP contribution in [0, 0.1) is 0 Å². The van der Waals surface area contributed by atoms with E-state index in [2.05, 4.69) is 105 Å². The smallest absolute Gasteiger partial charge is 0.0285 e. The van der Waals surface area contributed by atoms with Crippen LogP contribution in [0.1, 0.15) is 6.92 Å². The molecule has 0 fully saturated rings. The zero-order chi connectivity index (χ0) is 16.2. The maximum Gasteiger partial charge on any atom is 0.0285 e. The zero-order valence-electron chi connectivity index (χ0n) is 14.1. The molecule has 0 N–H and O–H groups in total. The van der Waals surface area contributed by atoms with Gasteiger partial charge in [0, 0.05) is 11.7 Å². The van der Waals surface area contributed by atoms with Gasteiger partial charge in [0.1, 0.15) is 0 Å². The summed E-state index contributed by atoms with van der Waals surface area (Å²) >= 11 is 0. The molecule has 0 bridgehead atoms. The number of nitrogens with zero attached hydrogens (tertiary/aromatic N) is 1. The van der Waals surface area contributed by atoms with Crippen LogP contribution in [0.25, 0.3) is 0 Å².